The van der Waals surface area contributed by atoms with Crippen molar-refractivity contribution >= 4 is 39.4 Å². The van der Waals surface area contributed by atoms with E-state index in [9.17, 15) is 9.59 Å². The molecule has 0 fully saturated rings. The van der Waals surface area contributed by atoms with Crippen molar-refractivity contribution in [2.45, 2.75) is 6.54 Å². The van der Waals surface area contributed by atoms with Crippen LogP contribution in [0.1, 0.15) is 26.7 Å². The number of carboxylic acid groups (broad SMARTS) is 1. The fourth-order valence-corrected chi connectivity index (χ4v) is 2.11. The average Bonchev–Trinajstić information content (AvgIpc) is 2.88. The molecule has 1 amide bonds. The molecule has 0 unspecified atom stereocenters. The zero-order valence-corrected chi connectivity index (χ0v) is 12.4. The maximum absolute atomic E-state index is 12.0. The van der Waals surface area contributed by atoms with E-state index in [0.717, 1.165) is 0 Å². The van der Waals surface area contributed by atoms with Crippen LogP contribution < -0.4 is 5.32 Å². The number of hydrogen-bond donors (Lipinski definition) is 2. The molecule has 0 saturated heterocycles. The largest absolute Gasteiger partial charge is 0.475 e. The van der Waals surface area contributed by atoms with Gasteiger partial charge in [0.05, 0.1) is 17.1 Å². The molecule has 0 aliphatic rings. The summed E-state index contributed by atoms with van der Waals surface area (Å²) in [6, 6.07) is 7.83. The standard InChI is InChI=1S/C13H9BrClNO4/c14-9-3-1-2-8(11(9)15)12(17)16-6-7-4-5-10(20-7)13(18)19/h1-5H,6H2,(H,16,17)(H,18,19). The van der Waals surface area contributed by atoms with Gasteiger partial charge in [-0.3, -0.25) is 4.79 Å². The van der Waals surface area contributed by atoms with Gasteiger partial charge in [0, 0.05) is 4.47 Å². The van der Waals surface area contributed by atoms with Crippen LogP contribution in [0.3, 0.4) is 0 Å². The third-order valence-corrected chi connectivity index (χ3v) is 3.79. The number of halogens is 2. The molecule has 7 heteroatoms. The van der Waals surface area contributed by atoms with E-state index in [-0.39, 0.29) is 18.2 Å². The zero-order chi connectivity index (χ0) is 14.7. The first kappa shape index (κ1) is 14.6. The van der Waals surface area contributed by atoms with E-state index < -0.39 is 5.97 Å². The van der Waals surface area contributed by atoms with Gasteiger partial charge >= 0.3 is 5.97 Å². The molecule has 0 bridgehead atoms. The highest BCUT2D eigenvalue weighted by molar-refractivity contribution is 9.10. The summed E-state index contributed by atoms with van der Waals surface area (Å²) >= 11 is 9.24. The van der Waals surface area contributed by atoms with Gasteiger partial charge in [-0.2, -0.15) is 0 Å². The first-order valence-corrected chi connectivity index (χ1v) is 6.70. The minimum absolute atomic E-state index is 0.0783. The molecule has 0 spiro atoms. The zero-order valence-electron chi connectivity index (χ0n) is 10.0. The quantitative estimate of drug-likeness (QED) is 0.878. The van der Waals surface area contributed by atoms with Crippen LogP contribution in [0.5, 0.6) is 0 Å². The Morgan fingerprint density at radius 3 is 2.70 bits per heavy atom. The number of furan rings is 1. The Kier molecular flexibility index (Phi) is 4.46. The van der Waals surface area contributed by atoms with Crippen molar-refractivity contribution in [2.75, 3.05) is 0 Å². The number of hydrogen-bond acceptors (Lipinski definition) is 3. The van der Waals surface area contributed by atoms with Gasteiger partial charge in [-0.05, 0) is 40.2 Å². The topological polar surface area (TPSA) is 79.5 Å². The van der Waals surface area contributed by atoms with Crippen LogP contribution in [-0.2, 0) is 6.54 Å². The lowest BCUT2D eigenvalue weighted by molar-refractivity contribution is 0.0660. The van der Waals surface area contributed by atoms with E-state index in [1.165, 1.54) is 12.1 Å². The van der Waals surface area contributed by atoms with Gasteiger partial charge in [0.1, 0.15) is 5.76 Å². The summed E-state index contributed by atoms with van der Waals surface area (Å²) in [4.78, 5) is 22.6. The molecule has 0 aliphatic heterocycles. The van der Waals surface area contributed by atoms with E-state index in [1.807, 2.05) is 0 Å². The Balaban J connectivity index is 2.05. The SMILES string of the molecule is O=C(O)c1ccc(CNC(=O)c2cccc(Br)c2Cl)o1. The molecule has 2 N–H and O–H groups in total. The molecule has 0 radical (unpaired) electrons. The lowest BCUT2D eigenvalue weighted by atomic mass is 10.2. The van der Waals surface area contributed by atoms with Gasteiger partial charge in [0.25, 0.3) is 5.91 Å². The van der Waals surface area contributed by atoms with Gasteiger partial charge in [0.2, 0.25) is 5.76 Å². The van der Waals surface area contributed by atoms with Gasteiger partial charge < -0.3 is 14.8 Å². The number of amides is 1. The minimum Gasteiger partial charge on any atom is -0.475 e. The van der Waals surface area contributed by atoms with Crippen molar-refractivity contribution in [1.29, 1.82) is 0 Å². The summed E-state index contributed by atoms with van der Waals surface area (Å²) in [5.41, 5.74) is 0.325. The highest BCUT2D eigenvalue weighted by atomic mass is 79.9. The van der Waals surface area contributed by atoms with E-state index in [2.05, 4.69) is 21.2 Å². The lowest BCUT2D eigenvalue weighted by Gasteiger charge is -2.06. The summed E-state index contributed by atoms with van der Waals surface area (Å²) in [7, 11) is 0. The molecule has 1 aromatic carbocycles. The summed E-state index contributed by atoms with van der Waals surface area (Å²) in [5, 5.41) is 11.6. The van der Waals surface area contributed by atoms with Gasteiger partial charge in [-0.25, -0.2) is 4.79 Å². The number of nitrogens with one attached hydrogen (secondary N) is 1. The van der Waals surface area contributed by atoms with Crippen molar-refractivity contribution in [1.82, 2.24) is 5.32 Å². The highest BCUT2D eigenvalue weighted by Gasteiger charge is 2.13. The number of carbonyl (C=O) groups is 2. The van der Waals surface area contributed by atoms with Crippen molar-refractivity contribution in [3.05, 3.63) is 56.9 Å². The third kappa shape index (κ3) is 3.20. The van der Waals surface area contributed by atoms with E-state index >= 15 is 0 Å². The van der Waals surface area contributed by atoms with E-state index in [0.29, 0.717) is 20.8 Å². The number of carboxylic acids is 1. The van der Waals surface area contributed by atoms with Crippen molar-refractivity contribution < 1.29 is 19.1 Å². The molecular weight excluding hydrogens is 350 g/mol. The highest BCUT2D eigenvalue weighted by Crippen LogP contribution is 2.25. The fourth-order valence-electron chi connectivity index (χ4n) is 1.53. The van der Waals surface area contributed by atoms with Gasteiger partial charge in [0.15, 0.2) is 0 Å². The molecule has 1 aromatic heterocycles. The smallest absolute Gasteiger partial charge is 0.371 e. The molecular formula is C13H9BrClNO4. The third-order valence-electron chi connectivity index (χ3n) is 2.49. The second kappa shape index (κ2) is 6.11. The molecule has 5 nitrogen and oxygen atoms in total. The van der Waals surface area contributed by atoms with Crippen molar-refractivity contribution in [3.8, 4) is 0 Å². The van der Waals surface area contributed by atoms with Crippen LogP contribution in [0.15, 0.2) is 39.2 Å². The molecule has 104 valence electrons. The van der Waals surface area contributed by atoms with Gasteiger partial charge in [-0.1, -0.05) is 17.7 Å². The van der Waals surface area contributed by atoms with Crippen LogP contribution in [0.2, 0.25) is 5.02 Å². The predicted octanol–water partition coefficient (Wildman–Crippen LogP) is 3.32. The predicted molar refractivity (Wildman–Crippen MR) is 76.0 cm³/mol. The van der Waals surface area contributed by atoms with Crippen molar-refractivity contribution in [2.24, 2.45) is 0 Å². The van der Waals surface area contributed by atoms with Gasteiger partial charge in [-0.15, -0.1) is 0 Å². The van der Waals surface area contributed by atoms with Crippen molar-refractivity contribution in [3.63, 3.8) is 0 Å². The van der Waals surface area contributed by atoms with Crippen LogP contribution in [-0.4, -0.2) is 17.0 Å². The maximum Gasteiger partial charge on any atom is 0.371 e. The normalized spacial score (nSPS) is 10.3. The second-order valence-electron chi connectivity index (χ2n) is 3.86. The number of carbonyl (C=O) groups excluding carboxylic acids is 1. The molecule has 0 aliphatic carbocycles. The van der Waals surface area contributed by atoms with Crippen LogP contribution in [0.25, 0.3) is 0 Å². The van der Waals surface area contributed by atoms with E-state index in [1.54, 1.807) is 18.2 Å². The Morgan fingerprint density at radius 2 is 2.05 bits per heavy atom. The minimum atomic E-state index is -1.15. The Hall–Kier alpha value is -1.79. The summed E-state index contributed by atoms with van der Waals surface area (Å²) in [6.45, 7) is 0.0783. The summed E-state index contributed by atoms with van der Waals surface area (Å²) in [5.74, 6) is -1.35. The first-order chi connectivity index (χ1) is 9.49. The average molecular weight is 359 g/mol. The molecule has 2 aromatic rings. The number of benzene rings is 1. The molecule has 0 atom stereocenters. The summed E-state index contributed by atoms with van der Waals surface area (Å²) in [6.07, 6.45) is 0. The maximum atomic E-state index is 12.0. The number of aromatic carboxylic acids is 1. The van der Waals surface area contributed by atoms with Crippen LogP contribution >= 0.6 is 27.5 Å². The molecule has 20 heavy (non-hydrogen) atoms. The monoisotopic (exact) mass is 357 g/mol. The number of rotatable bonds is 4. The Labute approximate surface area is 127 Å². The molecule has 1 heterocycles. The molecule has 2 rings (SSSR count). The van der Waals surface area contributed by atoms with Crippen LogP contribution in [0, 0.1) is 0 Å². The lowest BCUT2D eigenvalue weighted by Crippen LogP contribution is -2.22. The summed E-state index contributed by atoms with van der Waals surface area (Å²) < 4.78 is 5.65. The second-order valence-corrected chi connectivity index (χ2v) is 5.09. The Bertz CT molecular complexity index is 668. The van der Waals surface area contributed by atoms with E-state index in [4.69, 9.17) is 21.1 Å². The van der Waals surface area contributed by atoms with Crippen LogP contribution in [0.4, 0.5) is 0 Å². The fraction of sp³-hybridized carbons (Fsp3) is 0.0769. The molecule has 0 saturated carbocycles. The Morgan fingerprint density at radius 1 is 1.30 bits per heavy atom. The first-order valence-electron chi connectivity index (χ1n) is 5.53.